The Morgan fingerprint density at radius 2 is 1.28 bits per heavy atom. The molecule has 1 aliphatic rings. The number of carbonyl (C=O) groups excluding carboxylic acids is 2. The van der Waals surface area contributed by atoms with Crippen molar-refractivity contribution in [3.8, 4) is 17.1 Å². The fourth-order valence-corrected chi connectivity index (χ4v) is 8.40. The molecule has 0 saturated carbocycles. The summed E-state index contributed by atoms with van der Waals surface area (Å²) in [6.45, 7) is 13.5. The van der Waals surface area contributed by atoms with Crippen LogP contribution in [0.15, 0.2) is 132 Å². The zero-order valence-corrected chi connectivity index (χ0v) is 38.6. The SMILES string of the molecule is CCN(CC)c1ccc2nc3ccc(N=Nc4ccc(N(C)CCCC(=O)NCCN5CCN(CCNC(=O)Cc6ccc(-c7nncnn7)cc6)CC5)cc4)cc3[n+](-c3ccccc3)c2c1. The van der Waals surface area contributed by atoms with Crippen molar-refractivity contribution in [2.45, 2.75) is 33.1 Å². The maximum atomic E-state index is 12.7. The molecule has 7 aromatic rings. The van der Waals surface area contributed by atoms with E-state index in [1.165, 1.54) is 12.0 Å². The normalized spacial score (nSPS) is 13.3. The van der Waals surface area contributed by atoms with Gasteiger partial charge in [-0.2, -0.15) is 10.2 Å². The van der Waals surface area contributed by atoms with Gasteiger partial charge in [-0.05, 0) is 74.4 Å². The van der Waals surface area contributed by atoms with E-state index in [4.69, 9.17) is 4.98 Å². The lowest BCUT2D eigenvalue weighted by molar-refractivity contribution is -0.538. The first-order chi connectivity index (χ1) is 32.8. The maximum Gasteiger partial charge on any atom is 0.239 e. The Morgan fingerprint density at radius 1 is 0.687 bits per heavy atom. The quantitative estimate of drug-likeness (QED) is 0.0489. The Bertz CT molecular complexity index is 2740. The molecule has 0 bridgehead atoms. The monoisotopic (exact) mass is 899 g/mol. The van der Waals surface area contributed by atoms with Crippen LogP contribution < -0.4 is 25.0 Å². The number of hydrogen-bond acceptors (Lipinski definition) is 13. The summed E-state index contributed by atoms with van der Waals surface area (Å²) in [6, 6.07) is 38.5. The fourth-order valence-electron chi connectivity index (χ4n) is 8.40. The molecule has 67 heavy (non-hydrogen) atoms. The lowest BCUT2D eigenvalue weighted by Crippen LogP contribution is -2.50. The van der Waals surface area contributed by atoms with E-state index in [0.29, 0.717) is 31.8 Å². The third kappa shape index (κ3) is 12.3. The first kappa shape index (κ1) is 46.2. The zero-order valence-electron chi connectivity index (χ0n) is 38.6. The van der Waals surface area contributed by atoms with Gasteiger partial charge in [0.15, 0.2) is 6.33 Å². The standard InChI is InChI=1S/C51H58N14O2/c1-4-64(5-2)44-22-24-46-48(36-44)65(43-10-7-6-8-11-43)47-35-41(19-23-45(47)56-46)58-57-40-17-20-42(21-18-40)61(3)27-9-12-49(66)52-25-28-62-30-32-63(33-31-62)29-26-53-50(67)34-38-13-15-39(16-14-38)51-59-54-37-55-60-51/h6-8,10-11,13-24,35-37H,4-5,9,12,25-34H2,1-3H3,(H-,52,53,66,67)/p+1. The summed E-state index contributed by atoms with van der Waals surface area (Å²) < 4.78 is 2.26. The van der Waals surface area contributed by atoms with Crippen molar-refractivity contribution in [3.05, 3.63) is 127 Å². The Morgan fingerprint density at radius 3 is 1.96 bits per heavy atom. The molecular weight excluding hydrogens is 841 g/mol. The Hall–Kier alpha value is -7.30. The summed E-state index contributed by atoms with van der Waals surface area (Å²) in [6.07, 6.45) is 2.82. The molecule has 5 aromatic carbocycles. The van der Waals surface area contributed by atoms with Gasteiger partial charge in [0.2, 0.25) is 34.4 Å². The van der Waals surface area contributed by atoms with Crippen molar-refractivity contribution in [1.29, 1.82) is 0 Å². The van der Waals surface area contributed by atoms with Gasteiger partial charge in [-0.25, -0.2) is 4.98 Å². The van der Waals surface area contributed by atoms with Crippen molar-refractivity contribution in [2.75, 3.05) is 88.8 Å². The fraction of sp³-hybridized carbons (Fsp3) is 0.333. The molecule has 0 aliphatic carbocycles. The average molecular weight is 900 g/mol. The predicted molar refractivity (Wildman–Crippen MR) is 263 cm³/mol. The van der Waals surface area contributed by atoms with E-state index in [-0.39, 0.29) is 11.8 Å². The van der Waals surface area contributed by atoms with Crippen LogP contribution in [0.3, 0.4) is 0 Å². The van der Waals surface area contributed by atoms with Gasteiger partial charge in [-0.15, -0.1) is 25.0 Å². The van der Waals surface area contributed by atoms with Crippen LogP contribution in [-0.4, -0.2) is 126 Å². The van der Waals surface area contributed by atoms with Gasteiger partial charge in [0.1, 0.15) is 11.0 Å². The van der Waals surface area contributed by atoms with E-state index in [1.54, 1.807) is 0 Å². The topological polar surface area (TPSA) is 164 Å². The minimum Gasteiger partial charge on any atom is -0.375 e. The molecule has 2 aromatic heterocycles. The largest absolute Gasteiger partial charge is 0.375 e. The molecule has 0 atom stereocenters. The van der Waals surface area contributed by atoms with E-state index >= 15 is 0 Å². The molecule has 8 rings (SSSR count). The van der Waals surface area contributed by atoms with Crippen LogP contribution >= 0.6 is 0 Å². The third-order valence-corrected chi connectivity index (χ3v) is 12.2. The number of rotatable bonds is 20. The minimum absolute atomic E-state index is 0.00531. The summed E-state index contributed by atoms with van der Waals surface area (Å²) in [5.41, 5.74) is 10.3. The summed E-state index contributed by atoms with van der Waals surface area (Å²) in [5.74, 6) is 0.521. The van der Waals surface area contributed by atoms with Crippen LogP contribution in [-0.2, 0) is 16.0 Å². The Balaban J connectivity index is 0.737. The molecule has 0 radical (unpaired) electrons. The number of piperazine rings is 1. The molecule has 16 nitrogen and oxygen atoms in total. The van der Waals surface area contributed by atoms with Crippen molar-refractivity contribution in [1.82, 2.24) is 45.8 Å². The van der Waals surface area contributed by atoms with Crippen molar-refractivity contribution >= 4 is 56.6 Å². The highest BCUT2D eigenvalue weighted by Crippen LogP contribution is 2.27. The smallest absolute Gasteiger partial charge is 0.239 e. The van der Waals surface area contributed by atoms with Crippen molar-refractivity contribution in [2.24, 2.45) is 10.2 Å². The number of para-hydroxylation sites is 1. The van der Waals surface area contributed by atoms with Gasteiger partial charge in [0.05, 0.1) is 17.8 Å². The van der Waals surface area contributed by atoms with Gasteiger partial charge < -0.3 is 20.4 Å². The second-order valence-electron chi connectivity index (χ2n) is 16.7. The summed E-state index contributed by atoms with van der Waals surface area (Å²) in [4.78, 5) is 39.5. The molecule has 1 saturated heterocycles. The highest BCUT2D eigenvalue weighted by Gasteiger charge is 2.22. The van der Waals surface area contributed by atoms with Crippen LogP contribution in [0.25, 0.3) is 39.1 Å². The molecular formula is C51H59N14O2+. The highest BCUT2D eigenvalue weighted by atomic mass is 16.2. The number of amides is 2. The number of azo groups is 1. The van der Waals surface area contributed by atoms with Crippen LogP contribution in [0.5, 0.6) is 0 Å². The molecule has 2 N–H and O–H groups in total. The predicted octanol–water partition coefficient (Wildman–Crippen LogP) is 6.48. The second kappa shape index (κ2) is 22.7. The van der Waals surface area contributed by atoms with Crippen LogP contribution in [0, 0.1) is 0 Å². The molecule has 0 spiro atoms. The number of anilines is 2. The number of carbonyl (C=O) groups is 2. The number of nitrogens with zero attached hydrogens (tertiary/aromatic N) is 12. The zero-order chi connectivity index (χ0) is 46.4. The van der Waals surface area contributed by atoms with E-state index in [9.17, 15) is 9.59 Å². The van der Waals surface area contributed by atoms with E-state index in [0.717, 1.165) is 121 Å². The van der Waals surface area contributed by atoms with Crippen LogP contribution in [0.4, 0.5) is 22.7 Å². The maximum absolute atomic E-state index is 12.7. The molecule has 1 aliphatic heterocycles. The van der Waals surface area contributed by atoms with Gasteiger partial charge in [0, 0.05) is 127 Å². The second-order valence-corrected chi connectivity index (χ2v) is 16.7. The van der Waals surface area contributed by atoms with Crippen molar-refractivity contribution < 1.29 is 14.2 Å². The van der Waals surface area contributed by atoms with Gasteiger partial charge >= 0.3 is 0 Å². The summed E-state index contributed by atoms with van der Waals surface area (Å²) in [5, 5.41) is 30.8. The van der Waals surface area contributed by atoms with E-state index in [1.807, 2.05) is 73.8 Å². The lowest BCUT2D eigenvalue weighted by Gasteiger charge is -2.34. The molecule has 0 unspecified atom stereocenters. The first-order valence-electron chi connectivity index (χ1n) is 23.2. The molecule has 1 fully saturated rings. The number of benzene rings is 5. The lowest BCUT2D eigenvalue weighted by atomic mass is 10.1. The number of aromatic nitrogens is 6. The third-order valence-electron chi connectivity index (χ3n) is 12.2. The van der Waals surface area contributed by atoms with Gasteiger partial charge in [-0.3, -0.25) is 19.4 Å². The van der Waals surface area contributed by atoms with E-state index in [2.05, 4.69) is 128 Å². The van der Waals surface area contributed by atoms with Crippen LogP contribution in [0.2, 0.25) is 0 Å². The molecule has 344 valence electrons. The minimum atomic E-state index is -0.00531. The average Bonchev–Trinajstić information content (AvgIpc) is 3.36. The summed E-state index contributed by atoms with van der Waals surface area (Å²) in [7, 11) is 2.04. The van der Waals surface area contributed by atoms with Crippen molar-refractivity contribution in [3.63, 3.8) is 0 Å². The molecule has 16 heteroatoms. The Labute approximate surface area is 391 Å². The van der Waals surface area contributed by atoms with Gasteiger partial charge in [0.25, 0.3) is 0 Å². The molecule has 2 amide bonds. The van der Waals surface area contributed by atoms with E-state index < -0.39 is 0 Å². The van der Waals surface area contributed by atoms with Crippen LogP contribution in [0.1, 0.15) is 32.3 Å². The first-order valence-corrected chi connectivity index (χ1v) is 23.2. The number of hydrogen-bond donors (Lipinski definition) is 2. The summed E-state index contributed by atoms with van der Waals surface area (Å²) >= 11 is 0. The van der Waals surface area contributed by atoms with Gasteiger partial charge in [-0.1, -0.05) is 42.5 Å². The Kier molecular flexibility index (Phi) is 15.7. The highest BCUT2D eigenvalue weighted by molar-refractivity contribution is 5.86. The molecule has 3 heterocycles. The number of fused-ring (bicyclic) bond motifs is 2. The number of nitrogens with one attached hydrogen (secondary N) is 2.